The summed E-state index contributed by atoms with van der Waals surface area (Å²) in [6, 6.07) is 35.5. The molecule has 1 atom stereocenters. The van der Waals surface area contributed by atoms with Gasteiger partial charge in [-0.05, 0) is 51.9 Å². The van der Waals surface area contributed by atoms with Crippen LogP contribution < -0.4 is 0 Å². The normalized spacial score (nSPS) is 11.9. The first-order valence-electron chi connectivity index (χ1n) is 9.83. The minimum absolute atomic E-state index is 0.475. The molecule has 0 fully saturated rings. The predicted molar refractivity (Wildman–Crippen MR) is 124 cm³/mol. The maximum atomic E-state index is 10.5. The molecule has 1 unspecified atom stereocenters. The molecule has 0 radical (unpaired) electrons. The van der Waals surface area contributed by atoms with Gasteiger partial charge in [0.1, 0.15) is 0 Å². The lowest BCUT2D eigenvalue weighted by atomic mass is 9.97. The maximum Gasteiger partial charge on any atom is 0.0830 e. The second kappa shape index (κ2) is 9.21. The van der Waals surface area contributed by atoms with Gasteiger partial charge < -0.3 is 5.11 Å². The van der Waals surface area contributed by atoms with E-state index in [1.54, 1.807) is 0 Å². The fraction of sp³-hybridized carbons (Fsp3) is 0.111. The van der Waals surface area contributed by atoms with Crippen LogP contribution in [0.3, 0.4) is 0 Å². The number of rotatable bonds is 6. The molecule has 1 nitrogen and oxygen atoms in total. The molecule has 0 bridgehead atoms. The first-order valence-corrected chi connectivity index (χ1v) is 10.6. The topological polar surface area (TPSA) is 20.2 Å². The fourth-order valence-corrected chi connectivity index (χ4v) is 3.77. The zero-order valence-corrected chi connectivity index (χ0v) is 17.7. The van der Waals surface area contributed by atoms with Gasteiger partial charge in [0.15, 0.2) is 0 Å². The summed E-state index contributed by atoms with van der Waals surface area (Å²) in [5.41, 5.74) is 7.08. The molecule has 0 aliphatic rings. The van der Waals surface area contributed by atoms with E-state index in [0.717, 1.165) is 22.0 Å². The molecule has 144 valence electrons. The lowest BCUT2D eigenvalue weighted by Gasteiger charge is -2.12. The van der Waals surface area contributed by atoms with Crippen molar-refractivity contribution >= 4 is 15.9 Å². The summed E-state index contributed by atoms with van der Waals surface area (Å²) in [5.74, 6) is 0. The number of aliphatic hydroxyl groups excluding tert-OH is 1. The van der Waals surface area contributed by atoms with Crippen LogP contribution in [0.2, 0.25) is 0 Å². The Morgan fingerprint density at radius 1 is 0.586 bits per heavy atom. The van der Waals surface area contributed by atoms with Crippen molar-refractivity contribution in [3.8, 4) is 11.1 Å². The molecule has 1 N–H and O–H groups in total. The van der Waals surface area contributed by atoms with Crippen LogP contribution in [0.4, 0.5) is 0 Å². The Morgan fingerprint density at radius 2 is 1.10 bits per heavy atom. The van der Waals surface area contributed by atoms with Gasteiger partial charge in [-0.2, -0.15) is 0 Å². The molecule has 0 spiro atoms. The average molecular weight is 443 g/mol. The molecule has 0 saturated heterocycles. The van der Waals surface area contributed by atoms with Crippen LogP contribution >= 0.6 is 15.9 Å². The average Bonchev–Trinajstić information content (AvgIpc) is 2.76. The summed E-state index contributed by atoms with van der Waals surface area (Å²) in [7, 11) is 0. The highest BCUT2D eigenvalue weighted by Crippen LogP contribution is 2.24. The molecule has 0 aromatic heterocycles. The number of aliphatic hydroxyl groups is 1. The maximum absolute atomic E-state index is 10.5. The highest BCUT2D eigenvalue weighted by molar-refractivity contribution is 9.10. The van der Waals surface area contributed by atoms with Crippen molar-refractivity contribution in [2.45, 2.75) is 18.9 Å². The van der Waals surface area contributed by atoms with Gasteiger partial charge in [-0.25, -0.2) is 0 Å². The molecular formula is C27H23BrO. The lowest BCUT2D eigenvalue weighted by molar-refractivity contribution is 0.178. The largest absolute Gasteiger partial charge is 0.388 e. The van der Waals surface area contributed by atoms with E-state index < -0.39 is 6.10 Å². The van der Waals surface area contributed by atoms with Gasteiger partial charge >= 0.3 is 0 Å². The van der Waals surface area contributed by atoms with Crippen molar-refractivity contribution < 1.29 is 5.11 Å². The Hall–Kier alpha value is -2.68. The van der Waals surface area contributed by atoms with E-state index in [4.69, 9.17) is 0 Å². The monoisotopic (exact) mass is 442 g/mol. The molecular weight excluding hydrogens is 420 g/mol. The Morgan fingerprint density at radius 3 is 1.69 bits per heavy atom. The minimum Gasteiger partial charge on any atom is -0.388 e. The summed E-state index contributed by atoms with van der Waals surface area (Å²) < 4.78 is 1.09. The van der Waals surface area contributed by atoms with Gasteiger partial charge in [-0.3, -0.25) is 0 Å². The summed E-state index contributed by atoms with van der Waals surface area (Å²) in [5, 5.41) is 10.5. The number of hydrogen-bond acceptors (Lipinski definition) is 1. The van der Waals surface area contributed by atoms with Gasteiger partial charge in [-0.1, -0.05) is 107 Å². The first-order chi connectivity index (χ1) is 14.2. The second-order valence-corrected chi connectivity index (χ2v) is 8.24. The minimum atomic E-state index is -0.475. The van der Waals surface area contributed by atoms with Crippen LogP contribution in [0.1, 0.15) is 28.4 Å². The summed E-state index contributed by atoms with van der Waals surface area (Å²) >= 11 is 3.48. The van der Waals surface area contributed by atoms with Crippen molar-refractivity contribution in [1.82, 2.24) is 0 Å². The zero-order chi connectivity index (χ0) is 20.1. The van der Waals surface area contributed by atoms with Crippen molar-refractivity contribution in [1.29, 1.82) is 0 Å². The van der Waals surface area contributed by atoms with E-state index in [1.807, 2.05) is 30.3 Å². The first kappa shape index (κ1) is 19.6. The molecule has 4 aromatic rings. The van der Waals surface area contributed by atoms with Gasteiger partial charge in [-0.15, -0.1) is 0 Å². The molecule has 4 rings (SSSR count). The van der Waals surface area contributed by atoms with E-state index in [2.05, 4.69) is 88.7 Å². The lowest BCUT2D eigenvalue weighted by Crippen LogP contribution is -2.02. The third-order valence-corrected chi connectivity index (χ3v) is 5.70. The Kier molecular flexibility index (Phi) is 6.24. The molecule has 0 aliphatic heterocycles. The van der Waals surface area contributed by atoms with Crippen molar-refractivity contribution in [2.24, 2.45) is 0 Å². The van der Waals surface area contributed by atoms with Crippen LogP contribution in [-0.4, -0.2) is 5.11 Å². The molecule has 2 heteroatoms. The standard InChI is InChI=1S/C27H23BrO/c28-26-16-14-24(15-17-26)23-10-6-21(7-11-23)18-22-8-12-25(13-9-22)27(29)19-20-4-2-1-3-5-20/h1-17,27,29H,18-19H2. The quantitative estimate of drug-likeness (QED) is 0.341. The van der Waals surface area contributed by atoms with Crippen LogP contribution in [0.5, 0.6) is 0 Å². The van der Waals surface area contributed by atoms with E-state index >= 15 is 0 Å². The third-order valence-electron chi connectivity index (χ3n) is 5.18. The molecule has 0 saturated carbocycles. The predicted octanol–water partition coefficient (Wildman–Crippen LogP) is 6.98. The van der Waals surface area contributed by atoms with E-state index in [1.165, 1.54) is 22.3 Å². The van der Waals surface area contributed by atoms with Crippen molar-refractivity contribution in [3.63, 3.8) is 0 Å². The highest BCUT2D eigenvalue weighted by atomic mass is 79.9. The van der Waals surface area contributed by atoms with Crippen LogP contribution in [0.25, 0.3) is 11.1 Å². The van der Waals surface area contributed by atoms with Crippen molar-refractivity contribution in [2.75, 3.05) is 0 Å². The van der Waals surface area contributed by atoms with E-state index in [9.17, 15) is 5.11 Å². The Labute approximate surface area is 180 Å². The Bertz CT molecular complexity index is 1040. The van der Waals surface area contributed by atoms with Gasteiger partial charge in [0.05, 0.1) is 6.10 Å². The van der Waals surface area contributed by atoms with Gasteiger partial charge in [0, 0.05) is 10.9 Å². The molecule has 0 aliphatic carbocycles. The molecule has 0 heterocycles. The van der Waals surface area contributed by atoms with Gasteiger partial charge in [0.2, 0.25) is 0 Å². The van der Waals surface area contributed by atoms with Crippen molar-refractivity contribution in [3.05, 3.63) is 130 Å². The third kappa shape index (κ3) is 5.23. The molecule has 4 aromatic carbocycles. The number of halogens is 1. The Balaban J connectivity index is 1.40. The van der Waals surface area contributed by atoms with Crippen LogP contribution in [0, 0.1) is 0 Å². The highest BCUT2D eigenvalue weighted by Gasteiger charge is 2.08. The summed E-state index contributed by atoms with van der Waals surface area (Å²) in [6.45, 7) is 0. The second-order valence-electron chi connectivity index (χ2n) is 7.33. The summed E-state index contributed by atoms with van der Waals surface area (Å²) in [6.07, 6.45) is 1.05. The SMILES string of the molecule is OC(Cc1ccccc1)c1ccc(Cc2ccc(-c3ccc(Br)cc3)cc2)cc1. The molecule has 0 amide bonds. The van der Waals surface area contributed by atoms with Crippen LogP contribution in [-0.2, 0) is 12.8 Å². The van der Waals surface area contributed by atoms with E-state index in [-0.39, 0.29) is 0 Å². The number of benzene rings is 4. The smallest absolute Gasteiger partial charge is 0.0830 e. The fourth-order valence-electron chi connectivity index (χ4n) is 3.51. The number of hydrogen-bond donors (Lipinski definition) is 1. The summed E-state index contributed by atoms with van der Waals surface area (Å²) in [4.78, 5) is 0. The van der Waals surface area contributed by atoms with Crippen LogP contribution in [0.15, 0.2) is 108 Å². The van der Waals surface area contributed by atoms with E-state index in [0.29, 0.717) is 6.42 Å². The van der Waals surface area contributed by atoms with Gasteiger partial charge in [0.25, 0.3) is 0 Å². The molecule has 29 heavy (non-hydrogen) atoms. The zero-order valence-electron chi connectivity index (χ0n) is 16.1.